The van der Waals surface area contributed by atoms with Crippen LogP contribution < -0.4 is 15.5 Å². The summed E-state index contributed by atoms with van der Waals surface area (Å²) in [5.41, 5.74) is 7.42. The monoisotopic (exact) mass is 369 g/mol. The second-order valence-corrected chi connectivity index (χ2v) is 8.00. The van der Waals surface area contributed by atoms with Gasteiger partial charge in [-0.15, -0.1) is 0 Å². The maximum Gasteiger partial charge on any atom is 0.0738 e. The van der Waals surface area contributed by atoms with Crippen LogP contribution >= 0.6 is 11.6 Å². The van der Waals surface area contributed by atoms with Gasteiger partial charge in [0.05, 0.1) is 23.9 Å². The molecule has 0 radical (unpaired) electrons. The average molecular weight is 370 g/mol. The molecule has 136 valence electrons. The minimum Gasteiger partial charge on any atom is -0.375 e. The van der Waals surface area contributed by atoms with Crippen molar-refractivity contribution in [2.24, 2.45) is 0 Å². The van der Waals surface area contributed by atoms with E-state index in [0.717, 1.165) is 42.6 Å². The van der Waals surface area contributed by atoms with E-state index in [1.807, 2.05) is 12.1 Å². The van der Waals surface area contributed by atoms with E-state index >= 15 is 0 Å². The number of hydrogen-bond donors (Lipinski definition) is 2. The van der Waals surface area contributed by atoms with Crippen molar-refractivity contribution in [3.05, 3.63) is 52.0 Å². The number of benzene rings is 2. The molecule has 2 N–H and O–H groups in total. The molecule has 5 rings (SSSR count). The van der Waals surface area contributed by atoms with Crippen LogP contribution in [0.4, 0.5) is 17.1 Å². The van der Waals surface area contributed by atoms with Gasteiger partial charge in [0.1, 0.15) is 0 Å². The lowest BCUT2D eigenvalue weighted by Gasteiger charge is -2.33. The molecule has 2 unspecified atom stereocenters. The van der Waals surface area contributed by atoms with Gasteiger partial charge in [-0.05, 0) is 55.3 Å². The summed E-state index contributed by atoms with van der Waals surface area (Å²) in [7, 11) is 0. The lowest BCUT2D eigenvalue weighted by atomic mass is 9.89. The molecule has 0 bridgehead atoms. The first-order valence-electron chi connectivity index (χ1n) is 9.46. The minimum absolute atomic E-state index is 0.560. The third kappa shape index (κ3) is 2.68. The Balaban J connectivity index is 1.58. The molecule has 0 spiro atoms. The van der Waals surface area contributed by atoms with Crippen LogP contribution in [0.2, 0.25) is 5.02 Å². The quantitative estimate of drug-likeness (QED) is 0.832. The molecular weight excluding hydrogens is 346 g/mol. The first kappa shape index (κ1) is 16.4. The van der Waals surface area contributed by atoms with Gasteiger partial charge in [-0.25, -0.2) is 0 Å². The normalized spacial score (nSPS) is 24.0. The average Bonchev–Trinajstić information content (AvgIpc) is 2.81. The van der Waals surface area contributed by atoms with E-state index in [2.05, 4.69) is 40.7 Å². The molecule has 0 aromatic heterocycles. The van der Waals surface area contributed by atoms with Crippen LogP contribution in [0.1, 0.15) is 29.0 Å². The van der Waals surface area contributed by atoms with E-state index in [4.69, 9.17) is 16.3 Å². The molecule has 2 aromatic rings. The number of nitrogens with zero attached hydrogens (tertiary/aromatic N) is 1. The van der Waals surface area contributed by atoms with Crippen LogP contribution in [-0.4, -0.2) is 32.3 Å². The highest BCUT2D eigenvalue weighted by Gasteiger charge is 2.41. The maximum atomic E-state index is 6.40. The lowest BCUT2D eigenvalue weighted by molar-refractivity contribution is 0.130. The predicted molar refractivity (Wildman–Crippen MR) is 107 cm³/mol. The molecule has 26 heavy (non-hydrogen) atoms. The number of ether oxygens (including phenoxy) is 1. The Morgan fingerprint density at radius 3 is 3.12 bits per heavy atom. The summed E-state index contributed by atoms with van der Waals surface area (Å²) in [6, 6.07) is 11.3. The highest BCUT2D eigenvalue weighted by molar-refractivity contribution is 6.33. The SMILES string of the molecule is Cc1ccc(Cl)c(Nc2cc3c4c(c2)C2CNCCC2N4CCOC3)c1. The predicted octanol–water partition coefficient (Wildman–Crippen LogP) is 4.19. The highest BCUT2D eigenvalue weighted by Crippen LogP contribution is 2.47. The highest BCUT2D eigenvalue weighted by atomic mass is 35.5. The van der Waals surface area contributed by atoms with Crippen molar-refractivity contribution < 1.29 is 4.74 Å². The van der Waals surface area contributed by atoms with E-state index < -0.39 is 0 Å². The first-order chi connectivity index (χ1) is 12.7. The largest absolute Gasteiger partial charge is 0.375 e. The lowest BCUT2D eigenvalue weighted by Crippen LogP contribution is -2.44. The molecule has 0 aliphatic carbocycles. The number of anilines is 3. The van der Waals surface area contributed by atoms with Crippen molar-refractivity contribution in [2.75, 3.05) is 36.5 Å². The summed E-state index contributed by atoms with van der Waals surface area (Å²) < 4.78 is 5.90. The molecule has 4 nitrogen and oxygen atoms in total. The number of fused-ring (bicyclic) bond motifs is 3. The summed E-state index contributed by atoms with van der Waals surface area (Å²) >= 11 is 6.40. The molecule has 2 aromatic carbocycles. The van der Waals surface area contributed by atoms with Crippen molar-refractivity contribution in [3.63, 3.8) is 0 Å². The van der Waals surface area contributed by atoms with Crippen molar-refractivity contribution in [3.8, 4) is 0 Å². The summed E-state index contributed by atoms with van der Waals surface area (Å²) in [4.78, 5) is 2.60. The fourth-order valence-corrected chi connectivity index (χ4v) is 4.91. The standard InChI is InChI=1S/C21H24ClN3O/c1-13-2-3-18(22)19(8-13)24-15-9-14-12-26-7-6-25-20-4-5-23-11-17(20)16(10-15)21(14)25/h2-3,8-10,17,20,23-24H,4-7,11-12H2,1H3. The third-order valence-corrected chi connectivity index (χ3v) is 6.22. The number of piperidine rings is 1. The molecule has 0 amide bonds. The molecular formula is C21H24ClN3O. The fraction of sp³-hybridized carbons (Fsp3) is 0.429. The van der Waals surface area contributed by atoms with Crippen LogP contribution in [0.15, 0.2) is 30.3 Å². The maximum absolute atomic E-state index is 6.40. The van der Waals surface area contributed by atoms with Crippen molar-refractivity contribution in [1.29, 1.82) is 0 Å². The summed E-state index contributed by atoms with van der Waals surface area (Å²) in [5, 5.41) is 7.88. The molecule has 0 saturated carbocycles. The summed E-state index contributed by atoms with van der Waals surface area (Å²) in [6.45, 7) is 6.73. The van der Waals surface area contributed by atoms with E-state index in [-0.39, 0.29) is 0 Å². The Hall–Kier alpha value is -1.75. The number of rotatable bonds is 2. The third-order valence-electron chi connectivity index (χ3n) is 5.89. The van der Waals surface area contributed by atoms with Crippen molar-refractivity contribution >= 4 is 28.7 Å². The second-order valence-electron chi connectivity index (χ2n) is 7.59. The molecule has 3 heterocycles. The molecule has 1 fully saturated rings. The molecule has 2 atom stereocenters. The van der Waals surface area contributed by atoms with Gasteiger partial charge in [0.2, 0.25) is 0 Å². The molecule has 1 saturated heterocycles. The van der Waals surface area contributed by atoms with Crippen LogP contribution in [0, 0.1) is 6.92 Å². The topological polar surface area (TPSA) is 36.5 Å². The van der Waals surface area contributed by atoms with Crippen LogP contribution in [0.25, 0.3) is 0 Å². The second kappa shape index (κ2) is 6.45. The van der Waals surface area contributed by atoms with Gasteiger partial charge in [-0.3, -0.25) is 0 Å². The Labute approximate surface area is 159 Å². The zero-order valence-corrected chi connectivity index (χ0v) is 15.8. The van der Waals surface area contributed by atoms with Crippen LogP contribution in [0.5, 0.6) is 0 Å². The Bertz CT molecular complexity index is 853. The number of nitrogens with one attached hydrogen (secondary N) is 2. The van der Waals surface area contributed by atoms with Gasteiger partial charge in [-0.2, -0.15) is 0 Å². The molecule has 5 heteroatoms. The van der Waals surface area contributed by atoms with E-state index in [0.29, 0.717) is 18.6 Å². The van der Waals surface area contributed by atoms with Gasteiger partial charge in [0, 0.05) is 42.0 Å². The Morgan fingerprint density at radius 2 is 2.19 bits per heavy atom. The van der Waals surface area contributed by atoms with E-state index in [9.17, 15) is 0 Å². The zero-order chi connectivity index (χ0) is 17.7. The van der Waals surface area contributed by atoms with Gasteiger partial charge in [0.15, 0.2) is 0 Å². The van der Waals surface area contributed by atoms with Crippen molar-refractivity contribution in [1.82, 2.24) is 5.32 Å². The van der Waals surface area contributed by atoms with Crippen LogP contribution in [0.3, 0.4) is 0 Å². The fourth-order valence-electron chi connectivity index (χ4n) is 4.75. The zero-order valence-electron chi connectivity index (χ0n) is 15.0. The Morgan fingerprint density at radius 1 is 1.27 bits per heavy atom. The van der Waals surface area contributed by atoms with Gasteiger partial charge in [-0.1, -0.05) is 17.7 Å². The van der Waals surface area contributed by atoms with E-state index in [1.54, 1.807) is 0 Å². The van der Waals surface area contributed by atoms with Gasteiger partial charge < -0.3 is 20.3 Å². The van der Waals surface area contributed by atoms with Crippen LogP contribution in [-0.2, 0) is 11.3 Å². The number of halogens is 1. The number of hydrogen-bond acceptors (Lipinski definition) is 4. The summed E-state index contributed by atoms with van der Waals surface area (Å²) in [5.74, 6) is 0.560. The first-order valence-corrected chi connectivity index (χ1v) is 9.83. The molecule has 3 aliphatic rings. The smallest absolute Gasteiger partial charge is 0.0738 e. The minimum atomic E-state index is 0.560. The van der Waals surface area contributed by atoms with Gasteiger partial charge >= 0.3 is 0 Å². The summed E-state index contributed by atoms with van der Waals surface area (Å²) in [6.07, 6.45) is 1.20. The van der Waals surface area contributed by atoms with E-state index in [1.165, 1.54) is 28.8 Å². The number of aryl methyl sites for hydroxylation is 1. The van der Waals surface area contributed by atoms with Crippen molar-refractivity contribution in [2.45, 2.75) is 31.9 Å². The Kier molecular flexibility index (Phi) is 4.07. The van der Waals surface area contributed by atoms with Gasteiger partial charge in [0.25, 0.3) is 0 Å². The molecule has 3 aliphatic heterocycles.